The lowest BCUT2D eigenvalue weighted by Gasteiger charge is -2.10. The monoisotopic (exact) mass is 388 g/mol. The Hall–Kier alpha value is -2.12. The number of rotatable bonds is 7. The van der Waals surface area contributed by atoms with Gasteiger partial charge in [0.15, 0.2) is 6.61 Å². The molecule has 0 aromatic heterocycles. The number of hydrazone groups is 1. The molecule has 1 heterocycles. The van der Waals surface area contributed by atoms with E-state index in [4.69, 9.17) is 9.47 Å². The molecule has 0 saturated carbocycles. The molecule has 2 aromatic carbocycles. The average molecular weight is 389 g/mol. The fraction of sp³-hybridized carbons (Fsp3) is 0.263. The van der Waals surface area contributed by atoms with Crippen LogP contribution in [-0.2, 0) is 4.79 Å². The Morgan fingerprint density at radius 3 is 2.42 bits per heavy atom. The van der Waals surface area contributed by atoms with E-state index in [9.17, 15) is 4.79 Å². The van der Waals surface area contributed by atoms with Crippen LogP contribution in [0.5, 0.6) is 11.5 Å². The lowest BCUT2D eigenvalue weighted by atomic mass is 10.2. The largest absolute Gasteiger partial charge is 0.497 e. The first-order valence-electron chi connectivity index (χ1n) is 8.16. The Morgan fingerprint density at radius 1 is 1.12 bits per heavy atom. The van der Waals surface area contributed by atoms with Gasteiger partial charge in [-0.2, -0.15) is 5.10 Å². The fourth-order valence-electron chi connectivity index (χ4n) is 2.32. The number of hydrogen-bond donors (Lipinski definition) is 1. The molecule has 7 heteroatoms. The molecular formula is C19H20N2O3S2. The van der Waals surface area contributed by atoms with Gasteiger partial charge in [0.25, 0.3) is 5.91 Å². The quantitative estimate of drug-likeness (QED) is 0.579. The van der Waals surface area contributed by atoms with Crippen LogP contribution in [-0.4, -0.2) is 37.3 Å². The maximum absolute atomic E-state index is 11.8. The summed E-state index contributed by atoms with van der Waals surface area (Å²) >= 11 is 3.93. The SMILES string of the molecule is COc1ccc(/C=N\NC(=O)COc2ccc(C3SCCS3)cc2)cc1. The maximum atomic E-state index is 11.8. The molecule has 0 radical (unpaired) electrons. The number of thioether (sulfide) groups is 2. The first kappa shape index (κ1) is 18.7. The van der Waals surface area contributed by atoms with Crippen molar-refractivity contribution in [2.24, 2.45) is 5.10 Å². The predicted molar refractivity (Wildman–Crippen MR) is 108 cm³/mol. The smallest absolute Gasteiger partial charge is 0.277 e. The average Bonchev–Trinajstić information content (AvgIpc) is 3.22. The summed E-state index contributed by atoms with van der Waals surface area (Å²) in [5.41, 5.74) is 4.61. The standard InChI is InChI=1S/C19H20N2O3S2/c1-23-16-6-2-14(3-7-16)12-20-21-18(22)13-24-17-8-4-15(5-9-17)19-25-10-11-26-19/h2-9,12,19H,10-11,13H2,1H3,(H,21,22)/b20-12-. The molecule has 0 bridgehead atoms. The molecule has 26 heavy (non-hydrogen) atoms. The van der Waals surface area contributed by atoms with Gasteiger partial charge in [0.05, 0.1) is 17.9 Å². The van der Waals surface area contributed by atoms with Crippen LogP contribution in [0.4, 0.5) is 0 Å². The first-order valence-corrected chi connectivity index (χ1v) is 10.3. The van der Waals surface area contributed by atoms with Crippen molar-refractivity contribution in [1.29, 1.82) is 0 Å². The van der Waals surface area contributed by atoms with Gasteiger partial charge in [-0.1, -0.05) is 12.1 Å². The minimum atomic E-state index is -0.305. The van der Waals surface area contributed by atoms with Gasteiger partial charge in [-0.05, 0) is 47.5 Å². The van der Waals surface area contributed by atoms with Crippen LogP contribution < -0.4 is 14.9 Å². The van der Waals surface area contributed by atoms with E-state index in [-0.39, 0.29) is 12.5 Å². The molecule has 1 N–H and O–H groups in total. The molecule has 0 unspecified atom stereocenters. The minimum absolute atomic E-state index is 0.0772. The number of benzene rings is 2. The van der Waals surface area contributed by atoms with Crippen molar-refractivity contribution in [1.82, 2.24) is 5.43 Å². The van der Waals surface area contributed by atoms with Gasteiger partial charge >= 0.3 is 0 Å². The van der Waals surface area contributed by atoms with Crippen molar-refractivity contribution in [3.63, 3.8) is 0 Å². The summed E-state index contributed by atoms with van der Waals surface area (Å²) in [5, 5.41) is 3.92. The normalized spacial score (nSPS) is 14.5. The lowest BCUT2D eigenvalue weighted by Crippen LogP contribution is -2.24. The number of nitrogens with zero attached hydrogens (tertiary/aromatic N) is 1. The van der Waals surface area contributed by atoms with Gasteiger partial charge in [0.2, 0.25) is 0 Å². The van der Waals surface area contributed by atoms with Crippen molar-refractivity contribution >= 4 is 35.6 Å². The van der Waals surface area contributed by atoms with Crippen LogP contribution in [0.3, 0.4) is 0 Å². The summed E-state index contributed by atoms with van der Waals surface area (Å²) in [4.78, 5) is 11.8. The Labute approximate surface area is 161 Å². The van der Waals surface area contributed by atoms with Gasteiger partial charge in [-0.15, -0.1) is 23.5 Å². The zero-order valence-corrected chi connectivity index (χ0v) is 16.0. The molecule has 5 nitrogen and oxygen atoms in total. The third-order valence-corrected chi connectivity index (χ3v) is 6.77. The second kappa shape index (κ2) is 9.54. The fourth-order valence-corrected chi connectivity index (χ4v) is 5.18. The number of methoxy groups -OCH3 is 1. The summed E-state index contributed by atoms with van der Waals surface area (Å²) < 4.78 is 11.1. The second-order valence-electron chi connectivity index (χ2n) is 5.50. The first-order chi connectivity index (χ1) is 12.7. The topological polar surface area (TPSA) is 59.9 Å². The molecule has 0 aliphatic carbocycles. The molecule has 136 valence electrons. The maximum Gasteiger partial charge on any atom is 0.277 e. The lowest BCUT2D eigenvalue weighted by molar-refractivity contribution is -0.123. The Kier molecular flexibility index (Phi) is 6.85. The zero-order chi connectivity index (χ0) is 18.2. The number of amides is 1. The predicted octanol–water partition coefficient (Wildman–Crippen LogP) is 3.70. The van der Waals surface area contributed by atoms with Crippen LogP contribution in [0.25, 0.3) is 0 Å². The molecule has 3 rings (SSSR count). The van der Waals surface area contributed by atoms with E-state index in [1.54, 1.807) is 13.3 Å². The van der Waals surface area contributed by atoms with Crippen molar-refractivity contribution < 1.29 is 14.3 Å². The highest BCUT2D eigenvalue weighted by molar-refractivity contribution is 8.19. The Balaban J connectivity index is 1.42. The second-order valence-corrected chi connectivity index (χ2v) is 8.22. The van der Waals surface area contributed by atoms with Gasteiger partial charge in [0, 0.05) is 11.5 Å². The van der Waals surface area contributed by atoms with Gasteiger partial charge in [-0.25, -0.2) is 5.43 Å². The Morgan fingerprint density at radius 2 is 1.77 bits per heavy atom. The van der Waals surface area contributed by atoms with Crippen LogP contribution >= 0.6 is 23.5 Å². The molecule has 1 amide bonds. The van der Waals surface area contributed by atoms with Crippen molar-refractivity contribution in [3.05, 3.63) is 59.7 Å². The number of carbonyl (C=O) groups is 1. The van der Waals surface area contributed by atoms with E-state index >= 15 is 0 Å². The van der Waals surface area contributed by atoms with Gasteiger partial charge in [0.1, 0.15) is 11.5 Å². The minimum Gasteiger partial charge on any atom is -0.497 e. The summed E-state index contributed by atoms with van der Waals surface area (Å²) in [6, 6.07) is 15.3. The van der Waals surface area contributed by atoms with Gasteiger partial charge in [-0.3, -0.25) is 4.79 Å². The molecular weight excluding hydrogens is 368 g/mol. The van der Waals surface area contributed by atoms with Crippen LogP contribution in [0, 0.1) is 0 Å². The molecule has 1 aliphatic rings. The summed E-state index contributed by atoms with van der Waals surface area (Å²) in [7, 11) is 1.61. The molecule has 1 aliphatic heterocycles. The summed E-state index contributed by atoms with van der Waals surface area (Å²) in [6.45, 7) is -0.0772. The highest BCUT2D eigenvalue weighted by Crippen LogP contribution is 2.45. The van der Waals surface area contributed by atoms with E-state index in [1.165, 1.54) is 17.1 Å². The Bertz CT molecular complexity index is 742. The van der Waals surface area contributed by atoms with Crippen molar-refractivity contribution in [2.75, 3.05) is 25.2 Å². The molecule has 1 saturated heterocycles. The summed E-state index contributed by atoms with van der Waals surface area (Å²) in [6.07, 6.45) is 1.57. The van der Waals surface area contributed by atoms with Crippen LogP contribution in [0.2, 0.25) is 0 Å². The van der Waals surface area contributed by atoms with Crippen LogP contribution in [0.15, 0.2) is 53.6 Å². The third-order valence-electron chi connectivity index (χ3n) is 3.66. The third kappa shape index (κ3) is 5.44. The number of carbonyl (C=O) groups excluding carboxylic acids is 1. The molecule has 1 fully saturated rings. The molecule has 0 spiro atoms. The highest BCUT2D eigenvalue weighted by atomic mass is 32.2. The number of ether oxygens (including phenoxy) is 2. The molecule has 0 atom stereocenters. The summed E-state index contributed by atoms with van der Waals surface area (Å²) in [5.74, 6) is 3.54. The van der Waals surface area contributed by atoms with E-state index in [0.717, 1.165) is 11.3 Å². The molecule has 2 aromatic rings. The van der Waals surface area contributed by atoms with Gasteiger partial charge < -0.3 is 9.47 Å². The van der Waals surface area contributed by atoms with E-state index in [0.29, 0.717) is 10.3 Å². The van der Waals surface area contributed by atoms with E-state index in [2.05, 4.69) is 22.7 Å². The highest BCUT2D eigenvalue weighted by Gasteiger charge is 2.17. The zero-order valence-electron chi connectivity index (χ0n) is 14.4. The van der Waals surface area contributed by atoms with Crippen molar-refractivity contribution in [3.8, 4) is 11.5 Å². The van der Waals surface area contributed by atoms with E-state index in [1.807, 2.05) is 59.9 Å². The van der Waals surface area contributed by atoms with Crippen molar-refractivity contribution in [2.45, 2.75) is 4.58 Å². The van der Waals surface area contributed by atoms with Crippen LogP contribution in [0.1, 0.15) is 15.7 Å². The van der Waals surface area contributed by atoms with E-state index < -0.39 is 0 Å². The number of nitrogens with one attached hydrogen (secondary N) is 1. The number of hydrogen-bond acceptors (Lipinski definition) is 6.